The quantitative estimate of drug-likeness (QED) is 0.474. The molecule has 1 atom stereocenters. The average Bonchev–Trinajstić information content (AvgIpc) is 2.92. The SMILES string of the molecule is CC(C)(C)OC(=O)N1CCC[C@@H]1CSc1ncccc1[N+](=O)[O-]. The summed E-state index contributed by atoms with van der Waals surface area (Å²) in [7, 11) is 0. The third-order valence-corrected chi connectivity index (χ3v) is 4.50. The molecule has 0 radical (unpaired) electrons. The smallest absolute Gasteiger partial charge is 0.410 e. The Morgan fingerprint density at radius 2 is 2.30 bits per heavy atom. The Balaban J connectivity index is 2.00. The Bertz CT molecular complexity index is 588. The van der Waals surface area contributed by atoms with Crippen LogP contribution in [0.25, 0.3) is 0 Å². The van der Waals surface area contributed by atoms with Crippen LogP contribution in [0.1, 0.15) is 33.6 Å². The lowest BCUT2D eigenvalue weighted by molar-refractivity contribution is -0.388. The van der Waals surface area contributed by atoms with Gasteiger partial charge in [0.05, 0.1) is 4.92 Å². The fourth-order valence-electron chi connectivity index (χ4n) is 2.38. The van der Waals surface area contributed by atoms with Crippen LogP contribution in [0.4, 0.5) is 10.5 Å². The van der Waals surface area contributed by atoms with Crippen molar-refractivity contribution in [1.29, 1.82) is 0 Å². The van der Waals surface area contributed by atoms with Crippen molar-refractivity contribution in [3.63, 3.8) is 0 Å². The van der Waals surface area contributed by atoms with Crippen molar-refractivity contribution in [3.8, 4) is 0 Å². The van der Waals surface area contributed by atoms with Crippen molar-refractivity contribution < 1.29 is 14.5 Å². The second-order valence-electron chi connectivity index (χ2n) is 6.37. The fourth-order valence-corrected chi connectivity index (χ4v) is 3.50. The zero-order valence-electron chi connectivity index (χ0n) is 13.5. The first-order valence-corrected chi connectivity index (χ1v) is 8.48. The van der Waals surface area contributed by atoms with Crippen molar-refractivity contribution in [2.75, 3.05) is 12.3 Å². The van der Waals surface area contributed by atoms with Crippen LogP contribution >= 0.6 is 11.8 Å². The highest BCUT2D eigenvalue weighted by Crippen LogP contribution is 2.30. The van der Waals surface area contributed by atoms with Gasteiger partial charge in [0.15, 0.2) is 5.03 Å². The average molecular weight is 339 g/mol. The molecule has 1 aromatic rings. The van der Waals surface area contributed by atoms with Gasteiger partial charge >= 0.3 is 11.8 Å². The van der Waals surface area contributed by atoms with Gasteiger partial charge in [-0.1, -0.05) is 11.8 Å². The molecule has 0 N–H and O–H groups in total. The number of hydrogen-bond donors (Lipinski definition) is 0. The molecule has 1 fully saturated rings. The summed E-state index contributed by atoms with van der Waals surface area (Å²) in [6, 6.07) is 3.00. The first-order chi connectivity index (χ1) is 10.8. The van der Waals surface area contributed by atoms with Crippen molar-refractivity contribution in [1.82, 2.24) is 9.88 Å². The molecule has 0 aliphatic carbocycles. The Hall–Kier alpha value is -1.83. The second-order valence-corrected chi connectivity index (χ2v) is 7.37. The van der Waals surface area contributed by atoms with E-state index in [1.54, 1.807) is 11.0 Å². The van der Waals surface area contributed by atoms with E-state index in [-0.39, 0.29) is 17.8 Å². The molecule has 1 aromatic heterocycles. The molecule has 7 nitrogen and oxygen atoms in total. The molecule has 8 heteroatoms. The first-order valence-electron chi connectivity index (χ1n) is 7.50. The summed E-state index contributed by atoms with van der Waals surface area (Å²) >= 11 is 1.31. The van der Waals surface area contributed by atoms with E-state index in [4.69, 9.17) is 4.74 Å². The number of amides is 1. The van der Waals surface area contributed by atoms with Gasteiger partial charge in [0.2, 0.25) is 0 Å². The van der Waals surface area contributed by atoms with Crippen molar-refractivity contribution in [2.45, 2.75) is 50.3 Å². The summed E-state index contributed by atoms with van der Waals surface area (Å²) in [6.45, 7) is 6.16. The number of thioether (sulfide) groups is 1. The number of pyridine rings is 1. The molecule has 1 aliphatic rings. The Kier molecular flexibility index (Phi) is 5.46. The predicted molar refractivity (Wildman–Crippen MR) is 87.6 cm³/mol. The summed E-state index contributed by atoms with van der Waals surface area (Å²) < 4.78 is 5.42. The summed E-state index contributed by atoms with van der Waals surface area (Å²) in [5.74, 6) is 0.567. The van der Waals surface area contributed by atoms with Gasteiger partial charge in [-0.15, -0.1) is 0 Å². The highest BCUT2D eigenvalue weighted by Gasteiger charge is 2.32. The molecule has 1 amide bonds. The topological polar surface area (TPSA) is 85.6 Å². The minimum Gasteiger partial charge on any atom is -0.444 e. The zero-order valence-corrected chi connectivity index (χ0v) is 14.3. The minimum atomic E-state index is -0.531. The number of nitro groups is 1. The molecule has 126 valence electrons. The van der Waals surface area contributed by atoms with Gasteiger partial charge in [-0.2, -0.15) is 0 Å². The number of nitrogens with zero attached hydrogens (tertiary/aromatic N) is 3. The normalized spacial score (nSPS) is 18.0. The Morgan fingerprint density at radius 3 is 2.96 bits per heavy atom. The van der Waals surface area contributed by atoms with E-state index < -0.39 is 10.5 Å². The van der Waals surface area contributed by atoms with Crippen molar-refractivity contribution >= 4 is 23.5 Å². The molecule has 0 aromatic carbocycles. The maximum atomic E-state index is 12.2. The van der Waals surface area contributed by atoms with E-state index >= 15 is 0 Å². The maximum Gasteiger partial charge on any atom is 0.410 e. The fraction of sp³-hybridized carbons (Fsp3) is 0.600. The van der Waals surface area contributed by atoms with Gasteiger partial charge in [0.25, 0.3) is 0 Å². The van der Waals surface area contributed by atoms with E-state index in [1.807, 2.05) is 20.8 Å². The van der Waals surface area contributed by atoms with Crippen LogP contribution in [0.3, 0.4) is 0 Å². The molecule has 0 bridgehead atoms. The van der Waals surface area contributed by atoms with Crippen molar-refractivity contribution in [3.05, 3.63) is 28.4 Å². The van der Waals surface area contributed by atoms with Gasteiger partial charge in [-0.25, -0.2) is 9.78 Å². The van der Waals surface area contributed by atoms with Gasteiger partial charge in [0, 0.05) is 30.6 Å². The molecule has 2 rings (SSSR count). The van der Waals surface area contributed by atoms with Gasteiger partial charge < -0.3 is 9.64 Å². The number of hydrogen-bond acceptors (Lipinski definition) is 6. The van der Waals surface area contributed by atoms with Gasteiger partial charge in [-0.3, -0.25) is 10.1 Å². The number of likely N-dealkylation sites (tertiary alicyclic amines) is 1. The summed E-state index contributed by atoms with van der Waals surface area (Å²) in [5.41, 5.74) is -0.531. The van der Waals surface area contributed by atoms with E-state index in [9.17, 15) is 14.9 Å². The highest BCUT2D eigenvalue weighted by atomic mass is 32.2. The molecule has 1 aliphatic heterocycles. The lowest BCUT2D eigenvalue weighted by Gasteiger charge is -2.28. The summed E-state index contributed by atoms with van der Waals surface area (Å²) in [5, 5.41) is 11.4. The molecule has 0 unspecified atom stereocenters. The largest absolute Gasteiger partial charge is 0.444 e. The van der Waals surface area contributed by atoms with Crippen LogP contribution in [-0.2, 0) is 4.74 Å². The minimum absolute atomic E-state index is 0.000634. The Morgan fingerprint density at radius 1 is 1.57 bits per heavy atom. The second kappa shape index (κ2) is 7.16. The molecular formula is C15H21N3O4S. The molecular weight excluding hydrogens is 318 g/mol. The maximum absolute atomic E-state index is 12.2. The van der Waals surface area contributed by atoms with E-state index in [2.05, 4.69) is 4.98 Å². The van der Waals surface area contributed by atoms with Crippen LogP contribution < -0.4 is 0 Å². The number of aromatic nitrogens is 1. The Labute approximate surface area is 139 Å². The number of carbonyl (C=O) groups excluding carboxylic acids is 1. The summed E-state index contributed by atoms with van der Waals surface area (Å²) in [4.78, 5) is 28.6. The van der Waals surface area contributed by atoms with Crippen LogP contribution in [0.15, 0.2) is 23.4 Å². The third-order valence-electron chi connectivity index (χ3n) is 3.37. The molecule has 2 heterocycles. The van der Waals surface area contributed by atoms with Crippen LogP contribution in [0.2, 0.25) is 0 Å². The van der Waals surface area contributed by atoms with E-state index in [0.717, 1.165) is 12.8 Å². The lowest BCUT2D eigenvalue weighted by Crippen LogP contribution is -2.40. The van der Waals surface area contributed by atoms with Gasteiger partial charge in [-0.05, 0) is 39.7 Å². The molecule has 1 saturated heterocycles. The molecule has 0 saturated carbocycles. The van der Waals surface area contributed by atoms with Crippen LogP contribution in [0.5, 0.6) is 0 Å². The zero-order chi connectivity index (χ0) is 17.0. The van der Waals surface area contributed by atoms with E-state index in [0.29, 0.717) is 17.3 Å². The van der Waals surface area contributed by atoms with E-state index in [1.165, 1.54) is 24.0 Å². The lowest BCUT2D eigenvalue weighted by atomic mass is 10.2. The molecule has 23 heavy (non-hydrogen) atoms. The third kappa shape index (κ3) is 4.82. The predicted octanol–water partition coefficient (Wildman–Crippen LogP) is 3.48. The number of carbonyl (C=O) groups is 1. The highest BCUT2D eigenvalue weighted by molar-refractivity contribution is 7.99. The van der Waals surface area contributed by atoms with Crippen LogP contribution in [-0.4, -0.2) is 44.8 Å². The van der Waals surface area contributed by atoms with Crippen LogP contribution in [0, 0.1) is 10.1 Å². The number of ether oxygens (including phenoxy) is 1. The van der Waals surface area contributed by atoms with Crippen molar-refractivity contribution in [2.24, 2.45) is 0 Å². The standard InChI is InChI=1S/C15H21N3O4S/c1-15(2,3)22-14(19)17-9-5-6-11(17)10-23-13-12(18(20)21)7-4-8-16-13/h4,7-8,11H,5-6,9-10H2,1-3H3/t11-/m1/s1. The summed E-state index contributed by atoms with van der Waals surface area (Å²) in [6.07, 6.45) is 2.99. The monoisotopic (exact) mass is 339 g/mol. The first kappa shape index (κ1) is 17.5. The number of rotatable bonds is 4. The van der Waals surface area contributed by atoms with Gasteiger partial charge in [0.1, 0.15) is 5.60 Å². The molecule has 0 spiro atoms.